The lowest BCUT2D eigenvalue weighted by Crippen LogP contribution is -2.48. The molecule has 0 radical (unpaired) electrons. The maximum Gasteiger partial charge on any atom is 0.238 e. The van der Waals surface area contributed by atoms with Crippen LogP contribution in [-0.4, -0.2) is 40.6 Å². The Labute approximate surface area is 159 Å². The van der Waals surface area contributed by atoms with E-state index in [0.29, 0.717) is 29.0 Å². The molecule has 1 fully saturated rings. The fourth-order valence-electron chi connectivity index (χ4n) is 2.84. The van der Waals surface area contributed by atoms with Gasteiger partial charge in [0.15, 0.2) is 0 Å². The van der Waals surface area contributed by atoms with Crippen LogP contribution in [0.2, 0.25) is 5.02 Å². The summed E-state index contributed by atoms with van der Waals surface area (Å²) in [5.41, 5.74) is 1.69. The molecular formula is C18H17ClN4O2S. The largest absolute Gasteiger partial charge is 0.339 e. The van der Waals surface area contributed by atoms with Crippen LogP contribution >= 0.6 is 22.9 Å². The lowest BCUT2D eigenvalue weighted by molar-refractivity contribution is -0.118. The first-order valence-corrected chi connectivity index (χ1v) is 9.50. The molecule has 3 heterocycles. The van der Waals surface area contributed by atoms with Gasteiger partial charge >= 0.3 is 0 Å². The molecule has 0 atom stereocenters. The van der Waals surface area contributed by atoms with Crippen molar-refractivity contribution in [2.75, 3.05) is 25.0 Å². The highest BCUT2D eigenvalue weighted by atomic mass is 35.5. The Hall–Kier alpha value is -2.22. The Morgan fingerprint density at radius 3 is 3.00 bits per heavy atom. The third-order valence-corrected chi connectivity index (χ3v) is 5.59. The maximum atomic E-state index is 12.2. The number of hydrogen-bond acceptors (Lipinski definition) is 6. The lowest BCUT2D eigenvalue weighted by Gasteiger charge is -2.36. The average molecular weight is 389 g/mol. The topological polar surface area (TPSA) is 71.3 Å². The van der Waals surface area contributed by atoms with Crippen LogP contribution < -0.4 is 5.32 Å². The predicted octanol–water partition coefficient (Wildman–Crippen LogP) is 3.80. The van der Waals surface area contributed by atoms with Gasteiger partial charge in [-0.25, -0.2) is 0 Å². The summed E-state index contributed by atoms with van der Waals surface area (Å²) < 4.78 is 5.37. The molecule has 0 spiro atoms. The van der Waals surface area contributed by atoms with Crippen LogP contribution in [0.1, 0.15) is 17.4 Å². The van der Waals surface area contributed by atoms with E-state index in [-0.39, 0.29) is 11.8 Å². The minimum absolute atomic E-state index is 0.0619. The molecule has 6 nitrogen and oxygen atoms in total. The molecule has 2 aromatic heterocycles. The van der Waals surface area contributed by atoms with Crippen LogP contribution in [-0.2, 0) is 4.79 Å². The summed E-state index contributed by atoms with van der Waals surface area (Å²) in [5.74, 6) is 1.38. The first kappa shape index (κ1) is 17.2. The molecule has 8 heteroatoms. The van der Waals surface area contributed by atoms with E-state index in [0.717, 1.165) is 23.5 Å². The van der Waals surface area contributed by atoms with Crippen LogP contribution in [0.4, 0.5) is 5.69 Å². The number of likely N-dealkylation sites (tertiary alicyclic amines) is 1. The maximum absolute atomic E-state index is 12.2. The zero-order chi connectivity index (χ0) is 18.1. The SMILES string of the molecule is Cc1ccc(NC(=O)CN2CC(c3nc(-c4cccs4)no3)C2)cc1Cl. The second-order valence-electron chi connectivity index (χ2n) is 6.34. The third-order valence-electron chi connectivity index (χ3n) is 4.31. The standard InChI is InChI=1S/C18H17ClN4O2S/c1-11-4-5-13(7-14(11)19)20-16(24)10-23-8-12(9-23)18-21-17(22-25-18)15-3-2-6-26-15/h2-7,12H,8-10H2,1H3,(H,20,24). The molecule has 4 rings (SSSR count). The van der Waals surface area contributed by atoms with Gasteiger partial charge in [0, 0.05) is 23.8 Å². The number of aromatic nitrogens is 2. The molecule has 0 aliphatic carbocycles. The Morgan fingerprint density at radius 2 is 2.27 bits per heavy atom. The number of nitrogens with zero attached hydrogens (tertiary/aromatic N) is 3. The number of rotatable bonds is 5. The van der Waals surface area contributed by atoms with Gasteiger partial charge in [0.05, 0.1) is 17.3 Å². The van der Waals surface area contributed by atoms with Gasteiger partial charge in [-0.05, 0) is 36.1 Å². The molecule has 1 aliphatic rings. The van der Waals surface area contributed by atoms with Crippen molar-refractivity contribution in [3.63, 3.8) is 0 Å². The molecule has 1 aliphatic heterocycles. The van der Waals surface area contributed by atoms with Crippen molar-refractivity contribution < 1.29 is 9.32 Å². The number of benzene rings is 1. The first-order chi connectivity index (χ1) is 12.6. The van der Waals surface area contributed by atoms with E-state index < -0.39 is 0 Å². The number of carbonyl (C=O) groups is 1. The molecule has 0 saturated carbocycles. The Kier molecular flexibility index (Phi) is 4.76. The second kappa shape index (κ2) is 7.19. The third kappa shape index (κ3) is 3.65. The van der Waals surface area contributed by atoms with Crippen LogP contribution in [0.15, 0.2) is 40.2 Å². The van der Waals surface area contributed by atoms with Crippen LogP contribution in [0, 0.1) is 6.92 Å². The Morgan fingerprint density at radius 1 is 1.42 bits per heavy atom. The molecule has 1 saturated heterocycles. The van der Waals surface area contributed by atoms with E-state index in [2.05, 4.69) is 15.5 Å². The van der Waals surface area contributed by atoms with Gasteiger partial charge in [-0.3, -0.25) is 9.69 Å². The summed E-state index contributed by atoms with van der Waals surface area (Å²) in [6.45, 7) is 3.71. The van der Waals surface area contributed by atoms with Crippen LogP contribution in [0.25, 0.3) is 10.7 Å². The zero-order valence-electron chi connectivity index (χ0n) is 14.1. The molecule has 0 unspecified atom stereocenters. The van der Waals surface area contributed by atoms with E-state index in [1.54, 1.807) is 17.4 Å². The van der Waals surface area contributed by atoms with Crippen molar-refractivity contribution in [2.45, 2.75) is 12.8 Å². The van der Waals surface area contributed by atoms with E-state index in [1.165, 1.54) is 0 Å². The highest BCUT2D eigenvalue weighted by molar-refractivity contribution is 7.13. The molecule has 26 heavy (non-hydrogen) atoms. The first-order valence-electron chi connectivity index (χ1n) is 8.24. The molecule has 1 N–H and O–H groups in total. The van der Waals surface area contributed by atoms with Gasteiger partial charge in [-0.15, -0.1) is 11.3 Å². The molecule has 1 amide bonds. The zero-order valence-corrected chi connectivity index (χ0v) is 15.7. The van der Waals surface area contributed by atoms with Gasteiger partial charge in [0.25, 0.3) is 0 Å². The quantitative estimate of drug-likeness (QED) is 0.719. The highest BCUT2D eigenvalue weighted by Crippen LogP contribution is 2.29. The van der Waals surface area contributed by atoms with Gasteiger partial charge < -0.3 is 9.84 Å². The minimum Gasteiger partial charge on any atom is -0.339 e. The van der Waals surface area contributed by atoms with Gasteiger partial charge in [0.2, 0.25) is 17.6 Å². The smallest absolute Gasteiger partial charge is 0.238 e. The average Bonchev–Trinajstić information content (AvgIpc) is 3.24. The fraction of sp³-hybridized carbons (Fsp3) is 0.278. The van der Waals surface area contributed by atoms with Crippen molar-refractivity contribution in [1.29, 1.82) is 0 Å². The molecule has 0 bridgehead atoms. The summed E-state index contributed by atoms with van der Waals surface area (Å²) in [5, 5.41) is 9.53. The highest BCUT2D eigenvalue weighted by Gasteiger charge is 2.33. The molecule has 134 valence electrons. The number of anilines is 1. The number of carbonyl (C=O) groups excluding carboxylic acids is 1. The van der Waals surface area contributed by atoms with Crippen LogP contribution in [0.5, 0.6) is 0 Å². The number of amides is 1. The van der Waals surface area contributed by atoms with E-state index in [4.69, 9.17) is 16.1 Å². The summed E-state index contributed by atoms with van der Waals surface area (Å²) in [4.78, 5) is 19.7. The summed E-state index contributed by atoms with van der Waals surface area (Å²) in [7, 11) is 0. The van der Waals surface area contributed by atoms with Gasteiger partial charge in [-0.1, -0.05) is 28.9 Å². The van der Waals surface area contributed by atoms with Crippen molar-refractivity contribution in [3.8, 4) is 10.7 Å². The summed E-state index contributed by atoms with van der Waals surface area (Å²) in [6.07, 6.45) is 0. The van der Waals surface area contributed by atoms with Gasteiger partial charge in [0.1, 0.15) is 0 Å². The van der Waals surface area contributed by atoms with E-state index in [9.17, 15) is 4.79 Å². The molecule has 1 aromatic carbocycles. The number of thiophene rings is 1. The molecular weight excluding hydrogens is 372 g/mol. The summed E-state index contributed by atoms with van der Waals surface area (Å²) in [6, 6.07) is 9.42. The van der Waals surface area contributed by atoms with Crippen molar-refractivity contribution >= 4 is 34.5 Å². The van der Waals surface area contributed by atoms with Crippen molar-refractivity contribution in [2.24, 2.45) is 0 Å². The number of nitrogens with one attached hydrogen (secondary N) is 1. The molecule has 3 aromatic rings. The number of halogens is 1. The Bertz CT molecular complexity index is 919. The van der Waals surface area contributed by atoms with Crippen molar-refractivity contribution in [3.05, 3.63) is 52.2 Å². The van der Waals surface area contributed by atoms with Gasteiger partial charge in [-0.2, -0.15) is 4.98 Å². The normalized spacial score (nSPS) is 15.0. The fourth-order valence-corrected chi connectivity index (χ4v) is 3.67. The monoisotopic (exact) mass is 388 g/mol. The van der Waals surface area contributed by atoms with Crippen LogP contribution in [0.3, 0.4) is 0 Å². The summed E-state index contributed by atoms with van der Waals surface area (Å²) >= 11 is 7.66. The lowest BCUT2D eigenvalue weighted by atomic mass is 10.0. The van der Waals surface area contributed by atoms with Crippen molar-refractivity contribution in [1.82, 2.24) is 15.0 Å². The predicted molar refractivity (Wildman–Crippen MR) is 102 cm³/mol. The minimum atomic E-state index is -0.0619. The Balaban J connectivity index is 1.28. The number of aryl methyl sites for hydroxylation is 1. The number of hydrogen-bond donors (Lipinski definition) is 1. The van der Waals surface area contributed by atoms with E-state index >= 15 is 0 Å². The second-order valence-corrected chi connectivity index (χ2v) is 7.69. The van der Waals surface area contributed by atoms with E-state index in [1.807, 2.05) is 41.5 Å².